The van der Waals surface area contributed by atoms with E-state index >= 15 is 0 Å². The maximum absolute atomic E-state index is 10.8. The van der Waals surface area contributed by atoms with Crippen molar-refractivity contribution in [3.63, 3.8) is 0 Å². The zero-order valence-electron chi connectivity index (χ0n) is 10.6. The second-order valence-electron chi connectivity index (χ2n) is 3.83. The molecular weight excluding hydrogens is 324 g/mol. The van der Waals surface area contributed by atoms with Crippen LogP contribution in [0.3, 0.4) is 0 Å². The first-order chi connectivity index (χ1) is 8.29. The fourth-order valence-corrected chi connectivity index (χ4v) is 2.12. The molecule has 0 fully saturated rings. The molecule has 0 saturated carbocycles. The number of rotatable bonds is 9. The van der Waals surface area contributed by atoms with E-state index in [9.17, 15) is 25.3 Å². The van der Waals surface area contributed by atoms with E-state index in [0.717, 1.165) is 18.8 Å². The van der Waals surface area contributed by atoms with Crippen molar-refractivity contribution in [2.45, 2.75) is 0 Å². The lowest BCUT2D eigenvalue weighted by molar-refractivity contribution is 0.136. The van der Waals surface area contributed by atoms with Crippen LogP contribution in [0.15, 0.2) is 0 Å². The molecule has 0 aromatic carbocycles. The molecule has 0 aromatic heterocycles. The van der Waals surface area contributed by atoms with Gasteiger partial charge in [0.15, 0.2) is 0 Å². The molecule has 12 heteroatoms. The topological polar surface area (TPSA) is 130 Å². The summed E-state index contributed by atoms with van der Waals surface area (Å²) >= 11 is 0. The lowest BCUT2D eigenvalue weighted by Crippen LogP contribution is -2.25. The molecule has 116 valence electrons. The number of hydrogen-bond acceptors (Lipinski definition) is 9. The van der Waals surface area contributed by atoms with E-state index < -0.39 is 56.1 Å². The molecule has 0 heterocycles. The van der Waals surface area contributed by atoms with E-state index in [1.165, 1.54) is 0 Å². The summed E-state index contributed by atoms with van der Waals surface area (Å²) in [5, 5.41) is 0. The van der Waals surface area contributed by atoms with Gasteiger partial charge in [-0.05, 0) is 0 Å². The summed E-state index contributed by atoms with van der Waals surface area (Å²) in [4.78, 5) is 0. The van der Waals surface area contributed by atoms with Crippen molar-refractivity contribution in [1.29, 1.82) is 0 Å². The Balaban J connectivity index is 4.55. The van der Waals surface area contributed by atoms with Crippen LogP contribution in [0.5, 0.6) is 0 Å². The molecule has 9 nitrogen and oxygen atoms in total. The van der Waals surface area contributed by atoms with Gasteiger partial charge in [0.25, 0.3) is 30.4 Å². The minimum atomic E-state index is -3.74. The quantitative estimate of drug-likeness (QED) is 0.462. The average molecular weight is 340 g/mol. The Kier molecular flexibility index (Phi) is 6.85. The molecule has 0 bridgehead atoms. The lowest BCUT2D eigenvalue weighted by atomic mass is 10.2. The molecule has 0 N–H and O–H groups in total. The van der Waals surface area contributed by atoms with E-state index in [0.29, 0.717) is 0 Å². The van der Waals surface area contributed by atoms with E-state index in [-0.39, 0.29) is 0 Å². The maximum atomic E-state index is 10.8. The molecule has 0 saturated heterocycles. The lowest BCUT2D eigenvalue weighted by Gasteiger charge is -2.15. The summed E-state index contributed by atoms with van der Waals surface area (Å²) in [7, 11) is -11.2. The van der Waals surface area contributed by atoms with Crippen molar-refractivity contribution in [2.75, 3.05) is 38.6 Å². The summed E-state index contributed by atoms with van der Waals surface area (Å²) in [6, 6.07) is 0. The van der Waals surface area contributed by atoms with Crippen LogP contribution >= 0.6 is 0 Å². The Bertz CT molecular complexity index is 486. The second kappa shape index (κ2) is 6.95. The maximum Gasteiger partial charge on any atom is 0.264 e. The van der Waals surface area contributed by atoms with E-state index in [1.807, 2.05) is 0 Å². The standard InChI is InChI=1S/C7H16O9S3/c1-17(8,9)14-4-7(5-15-18(2,10)11)6-16-19(3,12)13/h7H,4-6H2,1-3H3. The number of hydrogen-bond donors (Lipinski definition) is 0. The summed E-state index contributed by atoms with van der Waals surface area (Å²) in [6.07, 6.45) is 2.41. The Morgan fingerprint density at radius 1 is 0.632 bits per heavy atom. The highest BCUT2D eigenvalue weighted by Gasteiger charge is 2.18. The van der Waals surface area contributed by atoms with Crippen LogP contribution in [0.25, 0.3) is 0 Å². The third-order valence-electron chi connectivity index (χ3n) is 1.55. The first kappa shape index (κ1) is 18.7. The van der Waals surface area contributed by atoms with Gasteiger partial charge in [0.1, 0.15) is 0 Å². The van der Waals surface area contributed by atoms with Gasteiger partial charge >= 0.3 is 0 Å². The highest BCUT2D eigenvalue weighted by molar-refractivity contribution is 7.86. The summed E-state index contributed by atoms with van der Waals surface area (Å²) in [6.45, 7) is -1.36. The molecule has 0 radical (unpaired) electrons. The van der Waals surface area contributed by atoms with E-state index in [1.54, 1.807) is 0 Å². The molecule has 0 aliphatic carbocycles. The Labute approximate surface area is 113 Å². The SMILES string of the molecule is CS(=O)(=O)OCC(COS(C)(=O)=O)COS(C)(=O)=O. The average Bonchev–Trinajstić information content (AvgIpc) is 2.11. The van der Waals surface area contributed by atoms with Gasteiger partial charge in [0.05, 0.1) is 38.6 Å². The predicted octanol–water partition coefficient (Wildman–Crippen LogP) is -1.47. The fraction of sp³-hybridized carbons (Fsp3) is 1.00. The Hall–Kier alpha value is -0.270. The molecule has 0 atom stereocenters. The Morgan fingerprint density at radius 3 is 1.00 bits per heavy atom. The van der Waals surface area contributed by atoms with E-state index in [4.69, 9.17) is 0 Å². The molecule has 0 rings (SSSR count). The first-order valence-electron chi connectivity index (χ1n) is 4.82. The molecule has 0 aliphatic rings. The summed E-state index contributed by atoms with van der Waals surface area (Å²) in [5.41, 5.74) is 0. The summed E-state index contributed by atoms with van der Waals surface area (Å²) < 4.78 is 78.1. The van der Waals surface area contributed by atoms with Gasteiger partial charge in [0, 0.05) is 5.92 Å². The third kappa shape index (κ3) is 14.0. The molecule has 0 amide bonds. The van der Waals surface area contributed by atoms with Gasteiger partial charge in [-0.25, -0.2) is 0 Å². The van der Waals surface area contributed by atoms with Crippen LogP contribution in [-0.4, -0.2) is 63.8 Å². The normalized spacial score (nSPS) is 13.9. The van der Waals surface area contributed by atoms with Gasteiger partial charge in [-0.3, -0.25) is 12.5 Å². The van der Waals surface area contributed by atoms with Gasteiger partial charge < -0.3 is 0 Å². The van der Waals surface area contributed by atoms with Crippen LogP contribution < -0.4 is 0 Å². The first-order valence-corrected chi connectivity index (χ1v) is 10.3. The summed E-state index contributed by atoms with van der Waals surface area (Å²) in [5.74, 6) is -0.876. The van der Waals surface area contributed by atoms with Crippen molar-refractivity contribution in [3.8, 4) is 0 Å². The third-order valence-corrected chi connectivity index (χ3v) is 3.25. The minimum Gasteiger partial charge on any atom is -0.270 e. The minimum absolute atomic E-state index is 0.454. The van der Waals surface area contributed by atoms with Gasteiger partial charge in [0.2, 0.25) is 0 Å². The van der Waals surface area contributed by atoms with Crippen molar-refractivity contribution in [3.05, 3.63) is 0 Å². The van der Waals surface area contributed by atoms with Crippen LogP contribution in [0, 0.1) is 5.92 Å². The molecular formula is C7H16O9S3. The largest absolute Gasteiger partial charge is 0.270 e. The molecule has 19 heavy (non-hydrogen) atoms. The van der Waals surface area contributed by atoms with Crippen LogP contribution in [0.2, 0.25) is 0 Å². The van der Waals surface area contributed by atoms with Crippen molar-refractivity contribution < 1.29 is 37.8 Å². The van der Waals surface area contributed by atoms with Crippen LogP contribution in [-0.2, 0) is 42.9 Å². The zero-order chi connectivity index (χ0) is 15.3. The molecule has 0 unspecified atom stereocenters. The predicted molar refractivity (Wildman–Crippen MR) is 65.9 cm³/mol. The zero-order valence-corrected chi connectivity index (χ0v) is 13.0. The highest BCUT2D eigenvalue weighted by Crippen LogP contribution is 2.06. The van der Waals surface area contributed by atoms with Crippen LogP contribution in [0.4, 0.5) is 0 Å². The highest BCUT2D eigenvalue weighted by atomic mass is 32.2. The Morgan fingerprint density at radius 2 is 0.842 bits per heavy atom. The van der Waals surface area contributed by atoms with Crippen LogP contribution in [0.1, 0.15) is 0 Å². The van der Waals surface area contributed by atoms with Gasteiger partial charge in [-0.2, -0.15) is 25.3 Å². The van der Waals surface area contributed by atoms with Gasteiger partial charge in [-0.1, -0.05) is 0 Å². The van der Waals surface area contributed by atoms with Crippen molar-refractivity contribution in [2.24, 2.45) is 5.92 Å². The molecule has 0 aliphatic heterocycles. The molecule has 0 aromatic rings. The smallest absolute Gasteiger partial charge is 0.264 e. The fourth-order valence-electron chi connectivity index (χ4n) is 0.804. The molecule has 0 spiro atoms. The van der Waals surface area contributed by atoms with Gasteiger partial charge in [-0.15, -0.1) is 0 Å². The van der Waals surface area contributed by atoms with Crippen molar-refractivity contribution in [1.82, 2.24) is 0 Å². The van der Waals surface area contributed by atoms with Crippen molar-refractivity contribution >= 4 is 30.4 Å². The monoisotopic (exact) mass is 340 g/mol. The van der Waals surface area contributed by atoms with E-state index in [2.05, 4.69) is 12.5 Å². The second-order valence-corrected chi connectivity index (χ2v) is 8.76.